The number of pyridine rings is 1. The van der Waals surface area contributed by atoms with Crippen LogP contribution in [0.3, 0.4) is 0 Å². The third-order valence-corrected chi connectivity index (χ3v) is 7.32. The quantitative estimate of drug-likeness (QED) is 0.826. The first-order valence-electron chi connectivity index (χ1n) is 9.23. The lowest BCUT2D eigenvalue weighted by Gasteiger charge is -2.42. The molecule has 0 unspecified atom stereocenters. The SMILES string of the molecule is Cc1ccnc(NCC2(c3ccccc3)CCN(S(=O)(=O)N(C)C)CC2)c1. The number of aryl methyl sites for hydroxylation is 1. The van der Waals surface area contributed by atoms with Crippen LogP contribution in [0.1, 0.15) is 24.0 Å². The Labute approximate surface area is 162 Å². The summed E-state index contributed by atoms with van der Waals surface area (Å²) in [7, 11) is -0.206. The van der Waals surface area contributed by atoms with Gasteiger partial charge in [-0.3, -0.25) is 0 Å². The zero-order valence-corrected chi connectivity index (χ0v) is 17.0. The van der Waals surface area contributed by atoms with Crippen molar-refractivity contribution in [2.24, 2.45) is 0 Å². The monoisotopic (exact) mass is 388 g/mol. The zero-order valence-electron chi connectivity index (χ0n) is 16.2. The molecule has 0 aliphatic carbocycles. The first-order chi connectivity index (χ1) is 12.8. The van der Waals surface area contributed by atoms with Gasteiger partial charge in [0.25, 0.3) is 10.2 Å². The molecule has 1 aromatic heterocycles. The Balaban J connectivity index is 1.81. The average molecular weight is 389 g/mol. The van der Waals surface area contributed by atoms with Gasteiger partial charge < -0.3 is 5.32 Å². The molecule has 2 aromatic rings. The van der Waals surface area contributed by atoms with Crippen molar-refractivity contribution >= 4 is 16.0 Å². The maximum atomic E-state index is 12.5. The predicted octanol–water partition coefficient (Wildman–Crippen LogP) is 2.64. The van der Waals surface area contributed by atoms with E-state index < -0.39 is 10.2 Å². The molecular formula is C20H28N4O2S. The van der Waals surface area contributed by atoms with Crippen molar-refractivity contribution in [2.45, 2.75) is 25.2 Å². The molecule has 0 bridgehead atoms. The molecule has 146 valence electrons. The van der Waals surface area contributed by atoms with E-state index in [0.29, 0.717) is 13.1 Å². The Morgan fingerprint density at radius 3 is 2.41 bits per heavy atom. The second kappa shape index (κ2) is 7.96. The maximum Gasteiger partial charge on any atom is 0.281 e. The smallest absolute Gasteiger partial charge is 0.281 e. The molecule has 0 amide bonds. The molecule has 1 aromatic carbocycles. The highest BCUT2D eigenvalue weighted by atomic mass is 32.2. The largest absolute Gasteiger partial charge is 0.369 e. The lowest BCUT2D eigenvalue weighted by Crippen LogP contribution is -2.50. The van der Waals surface area contributed by atoms with Crippen molar-refractivity contribution in [3.05, 3.63) is 59.8 Å². The van der Waals surface area contributed by atoms with Gasteiger partial charge in [-0.1, -0.05) is 30.3 Å². The van der Waals surface area contributed by atoms with E-state index >= 15 is 0 Å². The predicted molar refractivity (Wildman–Crippen MR) is 109 cm³/mol. The van der Waals surface area contributed by atoms with E-state index in [-0.39, 0.29) is 5.41 Å². The van der Waals surface area contributed by atoms with Crippen LogP contribution < -0.4 is 5.32 Å². The molecule has 0 saturated carbocycles. The number of aromatic nitrogens is 1. The summed E-state index contributed by atoms with van der Waals surface area (Å²) in [6, 6.07) is 14.4. The van der Waals surface area contributed by atoms with Crippen LogP contribution in [-0.2, 0) is 15.6 Å². The van der Waals surface area contributed by atoms with E-state index in [1.165, 1.54) is 9.87 Å². The van der Waals surface area contributed by atoms with E-state index in [0.717, 1.165) is 30.8 Å². The van der Waals surface area contributed by atoms with Crippen molar-refractivity contribution in [3.8, 4) is 0 Å². The fourth-order valence-corrected chi connectivity index (χ4v) is 4.73. The van der Waals surface area contributed by atoms with Crippen molar-refractivity contribution in [1.82, 2.24) is 13.6 Å². The molecule has 0 radical (unpaired) electrons. The normalized spacial score (nSPS) is 17.8. The summed E-state index contributed by atoms with van der Waals surface area (Å²) < 4.78 is 27.8. The van der Waals surface area contributed by atoms with Gasteiger partial charge in [0, 0.05) is 45.3 Å². The molecular weight excluding hydrogens is 360 g/mol. The molecule has 1 aliphatic rings. The number of anilines is 1. The molecule has 2 heterocycles. The topological polar surface area (TPSA) is 65.5 Å². The molecule has 7 heteroatoms. The number of nitrogens with one attached hydrogen (secondary N) is 1. The van der Waals surface area contributed by atoms with Crippen molar-refractivity contribution < 1.29 is 8.42 Å². The minimum atomic E-state index is -3.37. The summed E-state index contributed by atoms with van der Waals surface area (Å²) in [5.41, 5.74) is 2.28. The van der Waals surface area contributed by atoms with Crippen molar-refractivity contribution in [3.63, 3.8) is 0 Å². The number of hydrogen-bond donors (Lipinski definition) is 1. The standard InChI is InChI=1S/C20H28N4O2S/c1-17-9-12-21-19(15-17)22-16-20(18-7-5-4-6-8-18)10-13-24(14-11-20)27(25,26)23(2)3/h4-9,12,15H,10-11,13-14,16H2,1-3H3,(H,21,22). The zero-order chi connectivity index (χ0) is 19.5. The lowest BCUT2D eigenvalue weighted by molar-refractivity contribution is 0.234. The van der Waals surface area contributed by atoms with Gasteiger partial charge in [0.1, 0.15) is 5.82 Å². The summed E-state index contributed by atoms with van der Waals surface area (Å²) in [5.74, 6) is 0.855. The Morgan fingerprint density at radius 1 is 1.15 bits per heavy atom. The maximum absolute atomic E-state index is 12.5. The minimum Gasteiger partial charge on any atom is -0.369 e. The summed E-state index contributed by atoms with van der Waals surface area (Å²) in [5, 5.41) is 3.48. The minimum absolute atomic E-state index is 0.120. The third-order valence-electron chi connectivity index (χ3n) is 5.38. The Bertz CT molecular complexity index is 861. The van der Waals surface area contributed by atoms with E-state index in [9.17, 15) is 8.42 Å². The van der Waals surface area contributed by atoms with Gasteiger partial charge in [-0.2, -0.15) is 17.0 Å². The second-order valence-electron chi connectivity index (χ2n) is 7.41. The van der Waals surface area contributed by atoms with E-state index in [2.05, 4.69) is 22.4 Å². The first-order valence-corrected chi connectivity index (χ1v) is 10.6. The van der Waals surface area contributed by atoms with Gasteiger partial charge in [-0.25, -0.2) is 4.98 Å². The summed E-state index contributed by atoms with van der Waals surface area (Å²) >= 11 is 0. The molecule has 1 aliphatic heterocycles. The van der Waals surface area contributed by atoms with Crippen molar-refractivity contribution in [1.29, 1.82) is 0 Å². The molecule has 0 spiro atoms. The van der Waals surface area contributed by atoms with Crippen LogP contribution in [-0.4, -0.2) is 55.7 Å². The lowest BCUT2D eigenvalue weighted by atomic mass is 9.73. The summed E-state index contributed by atoms with van der Waals surface area (Å²) in [4.78, 5) is 4.40. The van der Waals surface area contributed by atoms with Gasteiger partial charge in [0.05, 0.1) is 0 Å². The van der Waals surface area contributed by atoms with Gasteiger partial charge in [-0.15, -0.1) is 0 Å². The summed E-state index contributed by atoms with van der Waals surface area (Å²) in [6.45, 7) is 3.80. The first kappa shape index (κ1) is 19.8. The highest BCUT2D eigenvalue weighted by Crippen LogP contribution is 2.36. The van der Waals surface area contributed by atoms with Gasteiger partial charge in [0.2, 0.25) is 0 Å². The Morgan fingerprint density at radius 2 is 1.81 bits per heavy atom. The molecule has 3 rings (SSSR count). The molecule has 1 saturated heterocycles. The summed E-state index contributed by atoms with van der Waals surface area (Å²) in [6.07, 6.45) is 3.34. The van der Waals surface area contributed by atoms with E-state index in [4.69, 9.17) is 0 Å². The van der Waals surface area contributed by atoms with Gasteiger partial charge >= 0.3 is 0 Å². The number of piperidine rings is 1. The second-order valence-corrected chi connectivity index (χ2v) is 9.55. The van der Waals surface area contributed by atoms with Gasteiger partial charge in [0.15, 0.2) is 0 Å². The van der Waals surface area contributed by atoms with Crippen LogP contribution in [0, 0.1) is 6.92 Å². The van der Waals surface area contributed by atoms with Crippen LogP contribution in [0.4, 0.5) is 5.82 Å². The Hall–Kier alpha value is -1.96. The highest BCUT2D eigenvalue weighted by molar-refractivity contribution is 7.86. The third kappa shape index (κ3) is 4.31. The number of nitrogens with zero attached hydrogens (tertiary/aromatic N) is 3. The van der Waals surface area contributed by atoms with Crippen LogP contribution in [0.25, 0.3) is 0 Å². The van der Waals surface area contributed by atoms with Crippen molar-refractivity contribution in [2.75, 3.05) is 39.0 Å². The van der Waals surface area contributed by atoms with Crippen LogP contribution in [0.2, 0.25) is 0 Å². The Kier molecular flexibility index (Phi) is 5.83. The van der Waals surface area contributed by atoms with Crippen LogP contribution in [0.5, 0.6) is 0 Å². The fourth-order valence-electron chi connectivity index (χ4n) is 3.63. The van der Waals surface area contributed by atoms with Crippen LogP contribution in [0.15, 0.2) is 48.7 Å². The fraction of sp³-hybridized carbons (Fsp3) is 0.450. The van der Waals surface area contributed by atoms with E-state index in [1.807, 2.05) is 37.3 Å². The number of benzene rings is 1. The van der Waals surface area contributed by atoms with Crippen LogP contribution >= 0.6 is 0 Å². The average Bonchev–Trinajstić information content (AvgIpc) is 2.67. The molecule has 27 heavy (non-hydrogen) atoms. The molecule has 0 atom stereocenters. The van der Waals surface area contributed by atoms with Gasteiger partial charge in [-0.05, 0) is 43.0 Å². The molecule has 1 fully saturated rings. The molecule has 6 nitrogen and oxygen atoms in total. The molecule has 1 N–H and O–H groups in total. The number of rotatable bonds is 6. The van der Waals surface area contributed by atoms with E-state index in [1.54, 1.807) is 24.6 Å². The highest BCUT2D eigenvalue weighted by Gasteiger charge is 2.39. The number of hydrogen-bond acceptors (Lipinski definition) is 4.